The number of ether oxygens (including phenoxy) is 1. The molecule has 0 radical (unpaired) electrons. The van der Waals surface area contributed by atoms with Gasteiger partial charge in [0.15, 0.2) is 0 Å². The number of imidazole rings is 1. The maximum Gasteiger partial charge on any atom is 0.259 e. The number of benzene rings is 3. The number of carbonyl (C=O) groups excluding carboxylic acids is 1. The summed E-state index contributed by atoms with van der Waals surface area (Å²) in [5.41, 5.74) is 6.03. The molecule has 2 heterocycles. The monoisotopic (exact) mass is 467 g/mol. The number of nitrogens with one attached hydrogen (secondary N) is 1. The van der Waals surface area contributed by atoms with E-state index >= 15 is 0 Å². The summed E-state index contributed by atoms with van der Waals surface area (Å²) < 4.78 is 8.00. The standard InChI is InChI=1S/C28H22ClN3O2/c1-18-5-14-24(26(16-18)34-23-12-8-21(29)9-13-23)28(33)30-22-10-6-20(7-11-22)25-17-32-15-3-4-19(2)27(32)31-25/h3-17H,1-2H3,(H,30,33). The van der Waals surface area contributed by atoms with Gasteiger partial charge in [0.2, 0.25) is 0 Å². The summed E-state index contributed by atoms with van der Waals surface area (Å²) in [6, 6.07) is 24.2. The molecule has 0 bridgehead atoms. The minimum Gasteiger partial charge on any atom is -0.457 e. The first-order chi connectivity index (χ1) is 16.5. The van der Waals surface area contributed by atoms with Crippen LogP contribution in [0.15, 0.2) is 91.3 Å². The van der Waals surface area contributed by atoms with Crippen molar-refractivity contribution in [2.45, 2.75) is 13.8 Å². The topological polar surface area (TPSA) is 55.6 Å². The van der Waals surface area contributed by atoms with Crippen LogP contribution in [-0.4, -0.2) is 15.3 Å². The van der Waals surface area contributed by atoms with Crippen LogP contribution in [0.3, 0.4) is 0 Å². The Hall–Kier alpha value is -4.09. The molecular weight excluding hydrogens is 446 g/mol. The Morgan fingerprint density at radius 2 is 1.74 bits per heavy atom. The van der Waals surface area contributed by atoms with Gasteiger partial charge in [0.05, 0.1) is 11.3 Å². The number of amides is 1. The zero-order chi connectivity index (χ0) is 23.7. The summed E-state index contributed by atoms with van der Waals surface area (Å²) in [7, 11) is 0. The molecule has 5 aromatic rings. The molecule has 5 rings (SSSR count). The van der Waals surface area contributed by atoms with Crippen molar-refractivity contribution in [2.75, 3.05) is 5.32 Å². The van der Waals surface area contributed by atoms with Crippen LogP contribution in [0.5, 0.6) is 11.5 Å². The van der Waals surface area contributed by atoms with Crippen molar-refractivity contribution in [2.24, 2.45) is 0 Å². The second-order valence-electron chi connectivity index (χ2n) is 8.14. The van der Waals surface area contributed by atoms with Gasteiger partial charge in [-0.05, 0) is 79.6 Å². The molecule has 0 unspecified atom stereocenters. The lowest BCUT2D eigenvalue weighted by atomic mass is 10.1. The number of fused-ring (bicyclic) bond motifs is 1. The second-order valence-corrected chi connectivity index (χ2v) is 8.57. The van der Waals surface area contributed by atoms with Gasteiger partial charge >= 0.3 is 0 Å². The van der Waals surface area contributed by atoms with Gasteiger partial charge in [0.1, 0.15) is 17.1 Å². The molecule has 0 spiro atoms. The number of nitrogens with zero attached hydrogens (tertiary/aromatic N) is 2. The third-order valence-electron chi connectivity index (χ3n) is 5.54. The van der Waals surface area contributed by atoms with Crippen molar-refractivity contribution in [3.05, 3.63) is 113 Å². The summed E-state index contributed by atoms with van der Waals surface area (Å²) >= 11 is 5.96. The Labute approximate surface area is 202 Å². The first-order valence-electron chi connectivity index (χ1n) is 10.9. The van der Waals surface area contributed by atoms with E-state index in [0.717, 1.165) is 28.0 Å². The van der Waals surface area contributed by atoms with Gasteiger partial charge in [-0.15, -0.1) is 0 Å². The molecule has 2 aromatic heterocycles. The van der Waals surface area contributed by atoms with Gasteiger partial charge in [0, 0.05) is 28.7 Å². The van der Waals surface area contributed by atoms with Crippen molar-refractivity contribution in [1.29, 1.82) is 0 Å². The zero-order valence-electron chi connectivity index (χ0n) is 18.7. The van der Waals surface area contributed by atoms with E-state index in [2.05, 4.69) is 5.32 Å². The van der Waals surface area contributed by atoms with Crippen LogP contribution in [0.4, 0.5) is 5.69 Å². The lowest BCUT2D eigenvalue weighted by Gasteiger charge is -2.13. The quantitative estimate of drug-likeness (QED) is 0.294. The van der Waals surface area contributed by atoms with Crippen LogP contribution in [0.25, 0.3) is 16.9 Å². The Balaban J connectivity index is 1.36. The van der Waals surface area contributed by atoms with E-state index in [1.54, 1.807) is 30.3 Å². The number of aromatic nitrogens is 2. The summed E-state index contributed by atoms with van der Waals surface area (Å²) in [5.74, 6) is 0.840. The number of pyridine rings is 1. The first kappa shape index (κ1) is 21.7. The minimum atomic E-state index is -0.250. The average molecular weight is 468 g/mol. The van der Waals surface area contributed by atoms with Crippen molar-refractivity contribution in [3.63, 3.8) is 0 Å². The molecule has 3 aromatic carbocycles. The number of carbonyl (C=O) groups is 1. The lowest BCUT2D eigenvalue weighted by Crippen LogP contribution is -2.13. The Bertz CT molecular complexity index is 1490. The van der Waals surface area contributed by atoms with Crippen molar-refractivity contribution >= 4 is 28.8 Å². The first-order valence-corrected chi connectivity index (χ1v) is 11.2. The maximum absolute atomic E-state index is 13.1. The van der Waals surface area contributed by atoms with Gasteiger partial charge in [-0.1, -0.05) is 35.9 Å². The minimum absolute atomic E-state index is 0.250. The number of aryl methyl sites for hydroxylation is 2. The number of halogens is 1. The lowest BCUT2D eigenvalue weighted by molar-refractivity contribution is 0.102. The Morgan fingerprint density at radius 1 is 0.971 bits per heavy atom. The fourth-order valence-corrected chi connectivity index (χ4v) is 3.87. The smallest absolute Gasteiger partial charge is 0.259 e. The number of rotatable bonds is 5. The highest BCUT2D eigenvalue weighted by molar-refractivity contribution is 6.30. The highest BCUT2D eigenvalue weighted by Crippen LogP contribution is 2.29. The van der Waals surface area contributed by atoms with Crippen LogP contribution >= 0.6 is 11.6 Å². The van der Waals surface area contributed by atoms with Crippen LogP contribution in [0.1, 0.15) is 21.5 Å². The summed E-state index contributed by atoms with van der Waals surface area (Å²) in [6.45, 7) is 4.00. The molecular formula is C28H22ClN3O2. The second kappa shape index (κ2) is 9.04. The molecule has 168 valence electrons. The largest absolute Gasteiger partial charge is 0.457 e. The Kier molecular flexibility index (Phi) is 5.78. The average Bonchev–Trinajstić information content (AvgIpc) is 3.27. The predicted molar refractivity (Wildman–Crippen MR) is 136 cm³/mol. The van der Waals surface area contributed by atoms with E-state index in [1.807, 2.05) is 79.2 Å². The maximum atomic E-state index is 13.1. The van der Waals surface area contributed by atoms with Gasteiger partial charge in [-0.2, -0.15) is 0 Å². The Morgan fingerprint density at radius 3 is 2.47 bits per heavy atom. The van der Waals surface area contributed by atoms with E-state index in [1.165, 1.54) is 0 Å². The third-order valence-corrected chi connectivity index (χ3v) is 5.79. The zero-order valence-corrected chi connectivity index (χ0v) is 19.5. The molecule has 0 saturated heterocycles. The van der Waals surface area contributed by atoms with Gasteiger partial charge in [-0.25, -0.2) is 4.98 Å². The predicted octanol–water partition coefficient (Wildman–Crippen LogP) is 7.32. The van der Waals surface area contributed by atoms with E-state index in [0.29, 0.717) is 27.8 Å². The van der Waals surface area contributed by atoms with E-state index in [4.69, 9.17) is 21.3 Å². The van der Waals surface area contributed by atoms with Crippen molar-refractivity contribution in [1.82, 2.24) is 9.38 Å². The molecule has 5 nitrogen and oxygen atoms in total. The fourth-order valence-electron chi connectivity index (χ4n) is 3.75. The summed E-state index contributed by atoms with van der Waals surface area (Å²) in [6.07, 6.45) is 3.99. The normalized spacial score (nSPS) is 10.9. The van der Waals surface area contributed by atoms with Crippen LogP contribution in [-0.2, 0) is 0 Å². The fraction of sp³-hybridized carbons (Fsp3) is 0.0714. The molecule has 1 amide bonds. The van der Waals surface area contributed by atoms with Gasteiger partial charge < -0.3 is 14.5 Å². The van der Waals surface area contributed by atoms with Crippen LogP contribution < -0.4 is 10.1 Å². The highest BCUT2D eigenvalue weighted by Gasteiger charge is 2.15. The van der Waals surface area contributed by atoms with Crippen LogP contribution in [0.2, 0.25) is 5.02 Å². The third kappa shape index (κ3) is 4.51. The SMILES string of the molecule is Cc1ccc(C(=O)Nc2ccc(-c3cn4cccc(C)c4n3)cc2)c(Oc2ccc(Cl)cc2)c1. The molecule has 6 heteroatoms. The van der Waals surface area contributed by atoms with E-state index < -0.39 is 0 Å². The molecule has 0 saturated carbocycles. The molecule has 0 aliphatic rings. The molecule has 0 atom stereocenters. The number of hydrogen-bond acceptors (Lipinski definition) is 3. The molecule has 34 heavy (non-hydrogen) atoms. The number of anilines is 1. The summed E-state index contributed by atoms with van der Waals surface area (Å²) in [5, 5.41) is 3.58. The van der Waals surface area contributed by atoms with Crippen molar-refractivity contribution < 1.29 is 9.53 Å². The molecule has 1 N–H and O–H groups in total. The van der Waals surface area contributed by atoms with E-state index in [-0.39, 0.29) is 5.91 Å². The van der Waals surface area contributed by atoms with E-state index in [9.17, 15) is 4.79 Å². The van der Waals surface area contributed by atoms with Gasteiger partial charge in [-0.3, -0.25) is 4.79 Å². The van der Waals surface area contributed by atoms with Crippen molar-refractivity contribution in [3.8, 4) is 22.8 Å². The van der Waals surface area contributed by atoms with Gasteiger partial charge in [0.25, 0.3) is 5.91 Å². The van der Waals surface area contributed by atoms with Crippen LogP contribution in [0, 0.1) is 13.8 Å². The molecule has 0 aliphatic carbocycles. The molecule has 0 fully saturated rings. The molecule has 0 aliphatic heterocycles. The number of hydrogen-bond donors (Lipinski definition) is 1. The summed E-state index contributed by atoms with van der Waals surface area (Å²) in [4.78, 5) is 17.8. The highest BCUT2D eigenvalue weighted by atomic mass is 35.5.